The minimum absolute atomic E-state index is 0.100. The molecule has 0 aliphatic heterocycles. The first-order valence-electron chi connectivity index (χ1n) is 6.24. The van der Waals surface area contributed by atoms with Crippen molar-refractivity contribution >= 4 is 11.7 Å². The Bertz CT molecular complexity index is 738. The number of nitriles is 1. The van der Waals surface area contributed by atoms with Crippen LogP contribution in [0.15, 0.2) is 30.3 Å². The van der Waals surface area contributed by atoms with Gasteiger partial charge < -0.3 is 15.6 Å². The number of aryl methyl sites for hydroxylation is 2. The summed E-state index contributed by atoms with van der Waals surface area (Å²) in [6.45, 7) is 3.64. The van der Waals surface area contributed by atoms with E-state index >= 15 is 0 Å². The zero-order chi connectivity index (χ0) is 15.6. The fourth-order valence-corrected chi connectivity index (χ4v) is 2.04. The van der Waals surface area contributed by atoms with Crippen LogP contribution in [0.5, 0.6) is 11.5 Å². The maximum absolute atomic E-state index is 11.0. The second-order valence-corrected chi connectivity index (χ2v) is 4.71. The summed E-state index contributed by atoms with van der Waals surface area (Å²) in [6, 6.07) is 9.79. The lowest BCUT2D eigenvalue weighted by atomic mass is 10.1. The summed E-state index contributed by atoms with van der Waals surface area (Å²) in [4.78, 5) is 11.0. The number of nitrogen functional groups attached to an aromatic ring is 1. The lowest BCUT2D eigenvalue weighted by Crippen LogP contribution is -2.00. The second kappa shape index (κ2) is 5.55. The molecule has 0 radical (unpaired) electrons. The Morgan fingerprint density at radius 3 is 2.38 bits per heavy atom. The molecule has 0 heterocycles. The van der Waals surface area contributed by atoms with E-state index in [0.29, 0.717) is 17.0 Å². The number of carboxylic acids is 1. The van der Waals surface area contributed by atoms with E-state index in [2.05, 4.69) is 6.07 Å². The fourth-order valence-electron chi connectivity index (χ4n) is 2.04. The lowest BCUT2D eigenvalue weighted by Gasteiger charge is -2.14. The number of benzene rings is 2. The molecule has 106 valence electrons. The third kappa shape index (κ3) is 2.95. The highest BCUT2D eigenvalue weighted by Gasteiger charge is 2.12. The van der Waals surface area contributed by atoms with Crippen molar-refractivity contribution in [3.8, 4) is 17.6 Å². The van der Waals surface area contributed by atoms with Crippen LogP contribution in [0.1, 0.15) is 27.0 Å². The molecule has 0 bridgehead atoms. The highest BCUT2D eigenvalue weighted by Crippen LogP contribution is 2.33. The van der Waals surface area contributed by atoms with Gasteiger partial charge in [0.1, 0.15) is 5.75 Å². The Kier molecular flexibility index (Phi) is 3.81. The number of hydrogen-bond acceptors (Lipinski definition) is 4. The molecule has 0 fully saturated rings. The summed E-state index contributed by atoms with van der Waals surface area (Å²) in [5.41, 5.74) is 8.39. The van der Waals surface area contributed by atoms with Crippen LogP contribution in [0.2, 0.25) is 0 Å². The number of nitrogens with two attached hydrogens (primary N) is 1. The maximum atomic E-state index is 11.0. The van der Waals surface area contributed by atoms with Crippen LogP contribution in [-0.2, 0) is 0 Å². The van der Waals surface area contributed by atoms with Crippen LogP contribution in [0.3, 0.4) is 0 Å². The number of aromatic carboxylic acids is 1. The van der Waals surface area contributed by atoms with E-state index < -0.39 is 5.97 Å². The van der Waals surface area contributed by atoms with Crippen molar-refractivity contribution < 1.29 is 14.6 Å². The van der Waals surface area contributed by atoms with Gasteiger partial charge in [0.2, 0.25) is 0 Å². The van der Waals surface area contributed by atoms with Crippen LogP contribution < -0.4 is 10.5 Å². The Labute approximate surface area is 122 Å². The van der Waals surface area contributed by atoms with Gasteiger partial charge in [0, 0.05) is 0 Å². The molecule has 0 spiro atoms. The topological polar surface area (TPSA) is 96.3 Å². The first kappa shape index (κ1) is 14.4. The molecule has 0 saturated carbocycles. The average molecular weight is 282 g/mol. The summed E-state index contributed by atoms with van der Waals surface area (Å²) in [5, 5.41) is 17.9. The van der Waals surface area contributed by atoms with Crippen LogP contribution in [0.25, 0.3) is 0 Å². The summed E-state index contributed by atoms with van der Waals surface area (Å²) < 4.78 is 5.76. The van der Waals surface area contributed by atoms with E-state index in [0.717, 1.165) is 11.1 Å². The smallest absolute Gasteiger partial charge is 0.335 e. The highest BCUT2D eigenvalue weighted by molar-refractivity contribution is 5.89. The number of ether oxygens (including phenoxy) is 1. The van der Waals surface area contributed by atoms with Gasteiger partial charge >= 0.3 is 5.97 Å². The molecule has 2 rings (SSSR count). The summed E-state index contributed by atoms with van der Waals surface area (Å²) in [5.74, 6) is -0.192. The average Bonchev–Trinajstić information content (AvgIpc) is 2.44. The third-order valence-corrected chi connectivity index (χ3v) is 3.06. The van der Waals surface area contributed by atoms with Gasteiger partial charge in [-0.05, 0) is 55.3 Å². The lowest BCUT2D eigenvalue weighted by molar-refractivity contribution is 0.0696. The van der Waals surface area contributed by atoms with Crippen molar-refractivity contribution in [1.29, 1.82) is 5.26 Å². The summed E-state index contributed by atoms with van der Waals surface area (Å²) in [6.07, 6.45) is 0. The third-order valence-electron chi connectivity index (χ3n) is 3.06. The van der Waals surface area contributed by atoms with E-state index in [1.54, 1.807) is 12.1 Å². The van der Waals surface area contributed by atoms with Crippen molar-refractivity contribution in [2.45, 2.75) is 13.8 Å². The van der Waals surface area contributed by atoms with Crippen molar-refractivity contribution in [1.82, 2.24) is 0 Å². The standard InChI is InChI=1S/C16H14N2O3/c1-9-5-11(8-17)6-10(2)15(9)21-14-7-12(16(19)20)3-4-13(14)18/h3-7H,18H2,1-2H3,(H,19,20). The van der Waals surface area contributed by atoms with E-state index in [1.165, 1.54) is 18.2 Å². The molecule has 2 aromatic rings. The predicted molar refractivity (Wildman–Crippen MR) is 78.5 cm³/mol. The molecule has 0 amide bonds. The van der Waals surface area contributed by atoms with E-state index in [9.17, 15) is 4.79 Å². The number of carboxylic acid groups (broad SMARTS) is 1. The van der Waals surface area contributed by atoms with Crippen LogP contribution in [-0.4, -0.2) is 11.1 Å². The molecule has 5 nitrogen and oxygen atoms in total. The van der Waals surface area contributed by atoms with Gasteiger partial charge in [0.25, 0.3) is 0 Å². The van der Waals surface area contributed by atoms with Gasteiger partial charge in [-0.1, -0.05) is 0 Å². The monoisotopic (exact) mass is 282 g/mol. The Morgan fingerprint density at radius 1 is 1.24 bits per heavy atom. The number of carbonyl (C=O) groups is 1. The Balaban J connectivity index is 2.46. The van der Waals surface area contributed by atoms with Gasteiger partial charge in [-0.2, -0.15) is 5.26 Å². The SMILES string of the molecule is Cc1cc(C#N)cc(C)c1Oc1cc(C(=O)O)ccc1N. The first-order chi connectivity index (χ1) is 9.92. The molecule has 0 saturated heterocycles. The highest BCUT2D eigenvalue weighted by atomic mass is 16.5. The first-order valence-corrected chi connectivity index (χ1v) is 6.24. The molecule has 3 N–H and O–H groups in total. The molecule has 5 heteroatoms. The van der Waals surface area contributed by atoms with Gasteiger partial charge in [0.05, 0.1) is 22.9 Å². The fraction of sp³-hybridized carbons (Fsp3) is 0.125. The second-order valence-electron chi connectivity index (χ2n) is 4.71. The molecule has 0 aliphatic rings. The van der Waals surface area contributed by atoms with Crippen molar-refractivity contribution in [2.75, 3.05) is 5.73 Å². The Hall–Kier alpha value is -3.00. The van der Waals surface area contributed by atoms with Gasteiger partial charge in [0.15, 0.2) is 5.75 Å². The molecule has 0 unspecified atom stereocenters. The summed E-state index contributed by atoms with van der Waals surface area (Å²) in [7, 11) is 0. The molecule has 0 atom stereocenters. The van der Waals surface area contributed by atoms with Crippen molar-refractivity contribution in [2.24, 2.45) is 0 Å². The van der Waals surface area contributed by atoms with Crippen molar-refractivity contribution in [3.63, 3.8) is 0 Å². The number of nitrogens with zero attached hydrogens (tertiary/aromatic N) is 1. The minimum Gasteiger partial charge on any atom is -0.478 e. The molecule has 21 heavy (non-hydrogen) atoms. The van der Waals surface area contributed by atoms with Crippen molar-refractivity contribution in [3.05, 3.63) is 52.6 Å². The predicted octanol–water partition coefficient (Wildman–Crippen LogP) is 3.25. The zero-order valence-corrected chi connectivity index (χ0v) is 11.7. The maximum Gasteiger partial charge on any atom is 0.335 e. The Morgan fingerprint density at radius 2 is 1.86 bits per heavy atom. The van der Waals surface area contributed by atoms with Gasteiger partial charge in [-0.15, -0.1) is 0 Å². The number of rotatable bonds is 3. The van der Waals surface area contributed by atoms with Gasteiger partial charge in [-0.25, -0.2) is 4.79 Å². The van der Waals surface area contributed by atoms with Gasteiger partial charge in [-0.3, -0.25) is 0 Å². The molecular formula is C16H14N2O3. The molecular weight excluding hydrogens is 268 g/mol. The van der Waals surface area contributed by atoms with E-state index in [-0.39, 0.29) is 11.3 Å². The quantitative estimate of drug-likeness (QED) is 0.842. The largest absolute Gasteiger partial charge is 0.478 e. The minimum atomic E-state index is -1.05. The van der Waals surface area contributed by atoms with Crippen LogP contribution in [0, 0.1) is 25.2 Å². The molecule has 0 aromatic heterocycles. The van der Waals surface area contributed by atoms with Crippen LogP contribution >= 0.6 is 0 Å². The van der Waals surface area contributed by atoms with E-state index in [4.69, 9.17) is 20.8 Å². The molecule has 2 aromatic carbocycles. The number of anilines is 1. The normalized spacial score (nSPS) is 9.95. The van der Waals surface area contributed by atoms with E-state index in [1.807, 2.05) is 13.8 Å². The molecule has 0 aliphatic carbocycles. The number of hydrogen-bond donors (Lipinski definition) is 2. The summed E-state index contributed by atoms with van der Waals surface area (Å²) >= 11 is 0. The van der Waals surface area contributed by atoms with Crippen LogP contribution in [0.4, 0.5) is 5.69 Å². The zero-order valence-electron chi connectivity index (χ0n) is 11.7.